The van der Waals surface area contributed by atoms with Gasteiger partial charge in [0.2, 0.25) is 0 Å². The van der Waals surface area contributed by atoms with Crippen molar-refractivity contribution >= 4 is 38.9 Å². The predicted molar refractivity (Wildman–Crippen MR) is 263 cm³/mol. The summed E-state index contributed by atoms with van der Waals surface area (Å²) in [6, 6.07) is 92.0. The van der Waals surface area contributed by atoms with Crippen LogP contribution in [0.3, 0.4) is 0 Å². The largest absolute Gasteiger partial charge is 0.310 e. The molecule has 0 aliphatic heterocycles. The molecule has 0 bridgehead atoms. The molecule has 0 saturated heterocycles. The maximum absolute atomic E-state index is 2.41. The number of rotatable bonds is 9. The molecule has 1 aromatic heterocycles. The summed E-state index contributed by atoms with van der Waals surface area (Å²) in [6.07, 6.45) is 0. The number of benzene rings is 10. The molecule has 11 aromatic rings. The van der Waals surface area contributed by atoms with Gasteiger partial charge in [-0.2, -0.15) is 0 Å². The minimum Gasteiger partial charge on any atom is -0.310 e. The highest BCUT2D eigenvalue weighted by atomic mass is 15.1. The molecule has 0 aliphatic carbocycles. The van der Waals surface area contributed by atoms with Crippen molar-refractivity contribution in [3.8, 4) is 61.3 Å². The molecule has 1 heterocycles. The third-order valence-electron chi connectivity index (χ3n) is 12.0. The Hall–Kier alpha value is -8.20. The van der Waals surface area contributed by atoms with Crippen molar-refractivity contribution in [3.63, 3.8) is 0 Å². The van der Waals surface area contributed by atoms with E-state index in [1.807, 2.05) is 0 Å². The van der Waals surface area contributed by atoms with Crippen molar-refractivity contribution < 1.29 is 0 Å². The van der Waals surface area contributed by atoms with Gasteiger partial charge in [-0.1, -0.05) is 200 Å². The van der Waals surface area contributed by atoms with Gasteiger partial charge < -0.3 is 9.47 Å². The van der Waals surface area contributed by atoms with Crippen molar-refractivity contribution in [2.24, 2.45) is 0 Å². The van der Waals surface area contributed by atoms with Crippen molar-refractivity contribution in [2.75, 3.05) is 4.90 Å². The Morgan fingerprint density at radius 1 is 0.258 bits per heavy atom. The van der Waals surface area contributed by atoms with Gasteiger partial charge in [-0.05, 0) is 105 Å². The lowest BCUT2D eigenvalue weighted by molar-refractivity contribution is 1.18. The van der Waals surface area contributed by atoms with E-state index in [1.54, 1.807) is 0 Å². The minimum absolute atomic E-state index is 1.08. The summed E-state index contributed by atoms with van der Waals surface area (Å²) in [5, 5.41) is 2.53. The van der Waals surface area contributed by atoms with E-state index < -0.39 is 0 Å². The van der Waals surface area contributed by atoms with Crippen LogP contribution in [0.25, 0.3) is 83.1 Å². The van der Waals surface area contributed by atoms with Crippen LogP contribution in [0.4, 0.5) is 17.1 Å². The van der Waals surface area contributed by atoms with Gasteiger partial charge >= 0.3 is 0 Å². The number of anilines is 3. The van der Waals surface area contributed by atoms with E-state index in [9.17, 15) is 0 Å². The average molecular weight is 791 g/mol. The fourth-order valence-electron chi connectivity index (χ4n) is 9.13. The molecular weight excluding hydrogens is 749 g/mol. The topological polar surface area (TPSA) is 8.17 Å². The van der Waals surface area contributed by atoms with Crippen LogP contribution in [0.15, 0.2) is 255 Å². The first-order valence-corrected chi connectivity index (χ1v) is 21.3. The van der Waals surface area contributed by atoms with Crippen LogP contribution in [0.5, 0.6) is 0 Å². The SMILES string of the molecule is c1ccc(-c2cccc(N(c3ccc(-c4ccc(-n5c6ccccc6c6ccccc65)cc4)cc3)c3ccccc3-c3ccccc3-c3ccccc3-c3ccccc3)c2)cc1. The van der Waals surface area contributed by atoms with Gasteiger partial charge in [0.15, 0.2) is 0 Å². The Bertz CT molecular complexity index is 3270. The molecule has 10 aromatic carbocycles. The van der Waals surface area contributed by atoms with Crippen molar-refractivity contribution in [2.45, 2.75) is 0 Å². The molecule has 62 heavy (non-hydrogen) atoms. The Morgan fingerprint density at radius 2 is 0.694 bits per heavy atom. The summed E-state index contributed by atoms with van der Waals surface area (Å²) in [5.74, 6) is 0. The lowest BCUT2D eigenvalue weighted by Gasteiger charge is -2.29. The number of fused-ring (bicyclic) bond motifs is 3. The lowest BCUT2D eigenvalue weighted by Crippen LogP contribution is -2.11. The first-order valence-electron chi connectivity index (χ1n) is 21.3. The van der Waals surface area contributed by atoms with Gasteiger partial charge in [-0.15, -0.1) is 0 Å². The molecule has 0 unspecified atom stereocenters. The molecule has 292 valence electrons. The number of aromatic nitrogens is 1. The molecule has 11 rings (SSSR count). The zero-order chi connectivity index (χ0) is 41.2. The molecule has 0 N–H and O–H groups in total. The van der Waals surface area contributed by atoms with E-state index in [4.69, 9.17) is 0 Å². The third-order valence-corrected chi connectivity index (χ3v) is 12.0. The molecule has 0 amide bonds. The molecule has 2 heteroatoms. The van der Waals surface area contributed by atoms with Crippen molar-refractivity contribution in [1.82, 2.24) is 4.57 Å². The number of hydrogen-bond acceptors (Lipinski definition) is 1. The summed E-state index contributed by atoms with van der Waals surface area (Å²) in [7, 11) is 0. The van der Waals surface area contributed by atoms with Crippen LogP contribution in [0.1, 0.15) is 0 Å². The maximum atomic E-state index is 2.41. The van der Waals surface area contributed by atoms with Gasteiger partial charge in [0.05, 0.1) is 16.7 Å². The second-order valence-electron chi connectivity index (χ2n) is 15.7. The maximum Gasteiger partial charge on any atom is 0.0541 e. The van der Waals surface area contributed by atoms with Crippen LogP contribution in [0.2, 0.25) is 0 Å². The molecular formula is C60H42N2. The van der Waals surface area contributed by atoms with Crippen molar-refractivity contribution in [3.05, 3.63) is 255 Å². The van der Waals surface area contributed by atoms with E-state index in [0.29, 0.717) is 0 Å². The first kappa shape index (κ1) is 36.8. The van der Waals surface area contributed by atoms with E-state index in [1.165, 1.54) is 66.3 Å². The van der Waals surface area contributed by atoms with E-state index >= 15 is 0 Å². The normalized spacial score (nSPS) is 11.2. The summed E-state index contributed by atoms with van der Waals surface area (Å²) in [4.78, 5) is 2.41. The highest BCUT2D eigenvalue weighted by Gasteiger charge is 2.21. The van der Waals surface area contributed by atoms with Crippen molar-refractivity contribution in [1.29, 1.82) is 0 Å². The molecule has 0 fully saturated rings. The third kappa shape index (κ3) is 6.74. The second kappa shape index (κ2) is 16.1. The van der Waals surface area contributed by atoms with Crippen LogP contribution < -0.4 is 4.90 Å². The van der Waals surface area contributed by atoms with Gasteiger partial charge in [-0.3, -0.25) is 0 Å². The summed E-state index contributed by atoms with van der Waals surface area (Å²) in [5.41, 5.74) is 18.7. The monoisotopic (exact) mass is 790 g/mol. The first-order chi connectivity index (χ1) is 30.8. The van der Waals surface area contributed by atoms with E-state index in [2.05, 4.69) is 264 Å². The Balaban J connectivity index is 1.02. The fourth-order valence-corrected chi connectivity index (χ4v) is 9.13. The highest BCUT2D eigenvalue weighted by Crippen LogP contribution is 2.46. The molecule has 2 nitrogen and oxygen atoms in total. The van der Waals surface area contributed by atoms with E-state index in [0.717, 1.165) is 33.9 Å². The summed E-state index contributed by atoms with van der Waals surface area (Å²) >= 11 is 0. The lowest BCUT2D eigenvalue weighted by atomic mass is 9.88. The minimum atomic E-state index is 1.08. The Labute approximate surface area is 362 Å². The number of para-hydroxylation sites is 3. The standard InChI is InChI=1S/C60H42N2/c1-3-18-43(19-4-1)47-22-17-23-50(42-47)61(58-31-14-11-28-55(58)54-27-10-9-26-53(54)52-25-8-7-24-51(52)46-20-5-2-6-21-46)48-38-34-44(35-39-48)45-36-40-49(41-37-45)62-59-32-15-12-29-56(59)57-30-13-16-33-60(57)62/h1-42H. The average Bonchev–Trinajstić information content (AvgIpc) is 3.70. The molecule has 0 radical (unpaired) electrons. The highest BCUT2D eigenvalue weighted by molar-refractivity contribution is 6.09. The van der Waals surface area contributed by atoms with Crippen LogP contribution in [0, 0.1) is 0 Å². The molecule has 0 saturated carbocycles. The Kier molecular flexibility index (Phi) is 9.57. The molecule has 0 atom stereocenters. The molecule has 0 spiro atoms. The number of nitrogens with zero attached hydrogens (tertiary/aromatic N) is 2. The predicted octanol–water partition coefficient (Wildman–Crippen LogP) is 16.6. The quantitative estimate of drug-likeness (QED) is 0.141. The van der Waals surface area contributed by atoms with Gasteiger partial charge in [0.1, 0.15) is 0 Å². The van der Waals surface area contributed by atoms with Gasteiger partial charge in [0, 0.05) is 33.4 Å². The van der Waals surface area contributed by atoms with Crippen LogP contribution in [-0.2, 0) is 0 Å². The number of hydrogen-bond donors (Lipinski definition) is 0. The fraction of sp³-hybridized carbons (Fsp3) is 0. The summed E-state index contributed by atoms with van der Waals surface area (Å²) < 4.78 is 2.37. The second-order valence-corrected chi connectivity index (χ2v) is 15.7. The van der Waals surface area contributed by atoms with E-state index in [-0.39, 0.29) is 0 Å². The van der Waals surface area contributed by atoms with Gasteiger partial charge in [0.25, 0.3) is 0 Å². The van der Waals surface area contributed by atoms with Crippen LogP contribution >= 0.6 is 0 Å². The van der Waals surface area contributed by atoms with Gasteiger partial charge in [-0.25, -0.2) is 0 Å². The zero-order valence-electron chi connectivity index (χ0n) is 34.1. The summed E-state index contributed by atoms with van der Waals surface area (Å²) in [6.45, 7) is 0. The Morgan fingerprint density at radius 3 is 1.32 bits per heavy atom. The van der Waals surface area contributed by atoms with Crippen LogP contribution in [-0.4, -0.2) is 4.57 Å². The molecule has 0 aliphatic rings. The zero-order valence-corrected chi connectivity index (χ0v) is 34.1. The smallest absolute Gasteiger partial charge is 0.0541 e.